The molecule has 0 radical (unpaired) electrons. The first-order valence-corrected chi connectivity index (χ1v) is 25.7. The molecule has 0 saturated heterocycles. The first kappa shape index (κ1) is 35.4. The first-order chi connectivity index (χ1) is 24.6. The lowest BCUT2D eigenvalue weighted by Crippen LogP contribution is -1.94. The molecule has 246 valence electrons. The van der Waals surface area contributed by atoms with Crippen LogP contribution in [0.3, 0.4) is 0 Å². The zero-order chi connectivity index (χ0) is 34.3. The van der Waals surface area contributed by atoms with Crippen LogP contribution in [0.5, 0.6) is 0 Å². The van der Waals surface area contributed by atoms with Crippen LogP contribution in [-0.2, 0) is 22.3 Å². The van der Waals surface area contributed by atoms with E-state index in [-0.39, 0.29) is 0 Å². The maximum Gasteiger partial charge on any atom is 0.178 e. The molecule has 50 heavy (non-hydrogen) atoms. The van der Waals surface area contributed by atoms with Gasteiger partial charge in [0.1, 0.15) is 0 Å². The van der Waals surface area contributed by atoms with Gasteiger partial charge in [0.25, 0.3) is 0 Å². The third-order valence-electron chi connectivity index (χ3n) is 9.38. The topological polar surface area (TPSA) is 17.1 Å². The molecule has 0 saturated carbocycles. The Morgan fingerprint density at radius 3 is 1.08 bits per heavy atom. The maximum absolute atomic E-state index is 9.41. The molecular formula is C45H34I3OP. The van der Waals surface area contributed by atoms with Gasteiger partial charge in [-0.15, -0.1) is 0 Å². The van der Waals surface area contributed by atoms with Gasteiger partial charge in [-0.25, -0.2) is 0 Å². The summed E-state index contributed by atoms with van der Waals surface area (Å²) >= 11 is 3.90. The van der Waals surface area contributed by atoms with Gasteiger partial charge in [0, 0.05) is 7.44 Å². The highest BCUT2D eigenvalue weighted by molar-refractivity contribution is 14.3. The quantitative estimate of drug-likeness (QED) is 0.124. The molecule has 0 heterocycles. The van der Waals surface area contributed by atoms with E-state index in [0.717, 1.165) is 19.3 Å². The minimum absolute atomic E-state index is 0.625. The zero-order valence-corrected chi connectivity index (χ0v) is 34.7. The van der Waals surface area contributed by atoms with Crippen molar-refractivity contribution in [2.45, 2.75) is 19.3 Å². The van der Waals surface area contributed by atoms with Crippen molar-refractivity contribution >= 4 is 104 Å². The molecule has 0 N–H and O–H groups in total. The molecule has 9 rings (SSSR count). The van der Waals surface area contributed by atoms with Crippen molar-refractivity contribution in [1.82, 2.24) is 0 Å². The molecule has 3 aliphatic carbocycles. The second kappa shape index (κ2) is 17.0. The van der Waals surface area contributed by atoms with E-state index < -0.39 is 20.6 Å². The maximum atomic E-state index is 9.41. The number of fused-ring (bicyclic) bond motifs is 3. The Hall–Kier alpha value is -3.04. The molecule has 5 heteroatoms. The molecule has 6 aromatic rings. The lowest BCUT2D eigenvalue weighted by molar-refractivity contribution is 0.649. The molecule has 0 spiro atoms. The Morgan fingerprint density at radius 2 is 0.720 bits per heavy atom. The normalized spacial score (nSPS) is 13.6. The number of hydrogen-bond acceptors (Lipinski definition) is 1. The molecule has 1 nitrogen and oxygen atoms in total. The molecule has 0 aliphatic heterocycles. The Bertz CT molecular complexity index is 2180. The lowest BCUT2D eigenvalue weighted by atomic mass is 9.88. The van der Waals surface area contributed by atoms with Gasteiger partial charge in [-0.2, -0.15) is 0 Å². The fourth-order valence-electron chi connectivity index (χ4n) is 7.08. The standard InChI is InChI=1S/C30H22.C15H11I.HI2OP/c1-2-10-22-18-25(17-21(22)9-1)27-13-5-7-15-29(27)30-16-8-6-14-28(30)26-19-23-11-3-4-12-24(23)20-26;16-15-8-4-3-7-14(15)13-9-11-5-1-2-6-12(11)10-13;1-4-2-3/h1-17,19H,18,20H2;1-9H,10H2;4H. The summed E-state index contributed by atoms with van der Waals surface area (Å²) in [5.41, 5.74) is 19.3. The Labute approximate surface area is 333 Å². The number of halogens is 3. The zero-order valence-electron chi connectivity index (χ0n) is 27.3. The van der Waals surface area contributed by atoms with Crippen LogP contribution in [0.25, 0.3) is 46.1 Å². The van der Waals surface area contributed by atoms with Gasteiger partial charge in [-0.05, 0) is 148 Å². The summed E-state index contributed by atoms with van der Waals surface area (Å²) in [5.74, 6) is 0. The highest BCUT2D eigenvalue weighted by Crippen LogP contribution is 2.41. The summed E-state index contributed by atoms with van der Waals surface area (Å²) in [7, 11) is 0. The average molecular weight is 1000 g/mol. The fraction of sp³-hybridized carbons (Fsp3) is 0.0667. The number of benzene rings is 6. The summed E-state index contributed by atoms with van der Waals surface area (Å²) < 4.78 is 11.4. The minimum atomic E-state index is -0.625. The van der Waals surface area contributed by atoms with Gasteiger partial charge < -0.3 is 0 Å². The van der Waals surface area contributed by atoms with Gasteiger partial charge in [0.05, 0.1) is 0 Å². The largest absolute Gasteiger partial charge is 0.265 e. The van der Waals surface area contributed by atoms with Crippen LogP contribution in [-0.4, -0.2) is 0 Å². The van der Waals surface area contributed by atoms with Gasteiger partial charge in [-0.1, -0.05) is 158 Å². The first-order valence-electron chi connectivity index (χ1n) is 16.5. The van der Waals surface area contributed by atoms with Crippen molar-refractivity contribution in [3.63, 3.8) is 0 Å². The van der Waals surface area contributed by atoms with Gasteiger partial charge in [0.15, 0.2) is 20.6 Å². The van der Waals surface area contributed by atoms with Crippen molar-refractivity contribution in [2.24, 2.45) is 0 Å². The van der Waals surface area contributed by atoms with Crippen LogP contribution >= 0.6 is 69.1 Å². The molecular weight excluding hydrogens is 968 g/mol. The van der Waals surface area contributed by atoms with Crippen molar-refractivity contribution in [2.75, 3.05) is 0 Å². The Balaban J connectivity index is 0.000000164. The number of rotatable bonds is 5. The Morgan fingerprint density at radius 1 is 0.420 bits per heavy atom. The Kier molecular flexibility index (Phi) is 12.0. The van der Waals surface area contributed by atoms with E-state index in [1.54, 1.807) is 0 Å². The predicted molar refractivity (Wildman–Crippen MR) is 242 cm³/mol. The molecule has 1 atom stereocenters. The van der Waals surface area contributed by atoms with E-state index in [1.165, 1.54) is 81.5 Å². The fourth-order valence-corrected chi connectivity index (χ4v) is 7.81. The molecule has 0 bridgehead atoms. The van der Waals surface area contributed by atoms with E-state index >= 15 is 0 Å². The highest BCUT2D eigenvalue weighted by Gasteiger charge is 2.21. The van der Waals surface area contributed by atoms with Crippen LogP contribution in [0.15, 0.2) is 146 Å². The van der Waals surface area contributed by atoms with Crippen LogP contribution in [0.2, 0.25) is 0 Å². The summed E-state index contributed by atoms with van der Waals surface area (Å²) in [5, 5.41) is 0. The second-order valence-corrected chi connectivity index (χ2v) is 24.6. The van der Waals surface area contributed by atoms with Gasteiger partial charge in [0.2, 0.25) is 0 Å². The van der Waals surface area contributed by atoms with E-state index in [9.17, 15) is 3.07 Å². The molecule has 0 aromatic heterocycles. The van der Waals surface area contributed by atoms with E-state index in [1.807, 2.05) is 0 Å². The molecule has 1 unspecified atom stereocenters. The predicted octanol–water partition coefficient (Wildman–Crippen LogP) is 14.2. The summed E-state index contributed by atoms with van der Waals surface area (Å²) in [6.07, 6.45) is 10.1. The third kappa shape index (κ3) is 8.04. The summed E-state index contributed by atoms with van der Waals surface area (Å²) in [4.78, 5) is 0. The van der Waals surface area contributed by atoms with Crippen LogP contribution in [0, 0.1) is 3.57 Å². The smallest absolute Gasteiger partial charge is 0.178 e. The van der Waals surface area contributed by atoms with Crippen molar-refractivity contribution in [1.29, 1.82) is 0 Å². The van der Waals surface area contributed by atoms with E-state index in [0.29, 0.717) is 3.87 Å². The summed E-state index contributed by atoms with van der Waals surface area (Å²) in [6.45, 7) is 0. The van der Waals surface area contributed by atoms with E-state index in [2.05, 4.69) is 208 Å². The van der Waals surface area contributed by atoms with Crippen molar-refractivity contribution < 1.29 is 3.07 Å². The van der Waals surface area contributed by atoms with Gasteiger partial charge >= 0.3 is 0 Å². The van der Waals surface area contributed by atoms with Crippen LogP contribution < -0.4 is 0 Å². The van der Waals surface area contributed by atoms with Crippen LogP contribution in [0.4, 0.5) is 0 Å². The van der Waals surface area contributed by atoms with Crippen molar-refractivity contribution in [3.8, 4) is 11.1 Å². The number of hydrogen-bond donors (Lipinski definition) is 0. The third-order valence-corrected chi connectivity index (χ3v) is 14.2. The van der Waals surface area contributed by atoms with E-state index in [4.69, 9.17) is 0 Å². The monoisotopic (exact) mass is 1000 g/mol. The lowest BCUT2D eigenvalue weighted by Gasteiger charge is -2.15. The molecule has 6 aromatic carbocycles. The average Bonchev–Trinajstić information content (AvgIpc) is 3.92. The van der Waals surface area contributed by atoms with Crippen LogP contribution in [0.1, 0.15) is 50.1 Å². The molecule has 0 amide bonds. The molecule has 0 fully saturated rings. The SMILES string of the molecule is C1=C(c2ccccc2-c2ccccc2C2=Cc3ccccc3C2)Cc2ccccc21.Ic1ccccc1C1=Cc2ccccc2C1.O=IPI. The van der Waals surface area contributed by atoms with Crippen molar-refractivity contribution in [3.05, 3.63) is 199 Å². The molecule has 3 aliphatic rings. The number of allylic oxidation sites excluding steroid dienone is 3. The minimum Gasteiger partial charge on any atom is -0.265 e. The van der Waals surface area contributed by atoms with Gasteiger partial charge in [-0.3, -0.25) is 3.07 Å². The highest BCUT2D eigenvalue weighted by atomic mass is 127. The summed E-state index contributed by atoms with van der Waals surface area (Å²) in [6, 6.07) is 52.4. The second-order valence-electron chi connectivity index (χ2n) is 12.4.